The van der Waals surface area contributed by atoms with Crippen LogP contribution in [-0.2, 0) is 10.8 Å². The molecule has 0 radical (unpaired) electrons. The lowest BCUT2D eigenvalue weighted by Gasteiger charge is -2.13. The zero-order chi connectivity index (χ0) is 8.32. The van der Waals surface area contributed by atoms with Gasteiger partial charge in [-0.05, 0) is 18.4 Å². The number of thiophene rings is 1. The van der Waals surface area contributed by atoms with Crippen molar-refractivity contribution in [1.82, 2.24) is 0 Å². The predicted octanol–water partition coefficient (Wildman–Crippen LogP) is 2.83. The van der Waals surface area contributed by atoms with Gasteiger partial charge < -0.3 is 4.74 Å². The second-order valence-electron chi connectivity index (χ2n) is 1.96. The molecule has 1 aromatic heterocycles. The molecule has 1 nitrogen and oxygen atoms in total. The van der Waals surface area contributed by atoms with E-state index in [0.29, 0.717) is 0 Å². The summed E-state index contributed by atoms with van der Waals surface area (Å²) in [6.45, 7) is 1.56. The van der Waals surface area contributed by atoms with Crippen molar-refractivity contribution in [2.24, 2.45) is 0 Å². The maximum Gasteiger partial charge on any atom is 0.384 e. The zero-order valence-corrected chi connectivity index (χ0v) is 6.83. The Kier molecular flexibility index (Phi) is 2.57. The molecule has 0 unspecified atom stereocenters. The molecule has 0 aromatic carbocycles. The van der Waals surface area contributed by atoms with Crippen LogP contribution in [0.25, 0.3) is 0 Å². The standard InChI is InChI=1S/C7H8F2OS/c1-2-10-7(8,9)6-3-4-11-5-6/h3-5H,2H2,1H3. The van der Waals surface area contributed by atoms with Gasteiger partial charge in [0.1, 0.15) is 0 Å². The quantitative estimate of drug-likeness (QED) is 0.691. The van der Waals surface area contributed by atoms with Gasteiger partial charge in [-0.15, -0.1) is 0 Å². The van der Waals surface area contributed by atoms with Gasteiger partial charge in [0, 0.05) is 5.38 Å². The molecule has 11 heavy (non-hydrogen) atoms. The van der Waals surface area contributed by atoms with Crippen molar-refractivity contribution < 1.29 is 13.5 Å². The second kappa shape index (κ2) is 3.28. The van der Waals surface area contributed by atoms with E-state index in [1.54, 1.807) is 12.3 Å². The van der Waals surface area contributed by atoms with Gasteiger partial charge in [0.2, 0.25) is 0 Å². The normalized spacial score (nSPS) is 11.9. The molecular formula is C7H8F2OS. The molecule has 0 aliphatic carbocycles. The van der Waals surface area contributed by atoms with Crippen LogP contribution in [0.2, 0.25) is 0 Å². The number of ether oxygens (including phenoxy) is 1. The Bertz CT molecular complexity index is 208. The summed E-state index contributed by atoms with van der Waals surface area (Å²) in [4.78, 5) is 0. The fourth-order valence-electron chi connectivity index (χ4n) is 0.695. The Hall–Kier alpha value is -0.480. The summed E-state index contributed by atoms with van der Waals surface area (Å²) < 4.78 is 29.8. The van der Waals surface area contributed by atoms with Gasteiger partial charge in [-0.3, -0.25) is 0 Å². The highest BCUT2D eigenvalue weighted by atomic mass is 32.1. The average molecular weight is 178 g/mol. The van der Waals surface area contributed by atoms with Gasteiger partial charge in [-0.25, -0.2) is 0 Å². The first kappa shape index (κ1) is 8.62. The summed E-state index contributed by atoms with van der Waals surface area (Å²) >= 11 is 1.23. The van der Waals surface area contributed by atoms with Crippen LogP contribution in [0.15, 0.2) is 16.8 Å². The molecule has 0 atom stereocenters. The number of halogens is 2. The van der Waals surface area contributed by atoms with Crippen LogP contribution in [0.3, 0.4) is 0 Å². The molecule has 0 bridgehead atoms. The van der Waals surface area contributed by atoms with E-state index >= 15 is 0 Å². The summed E-state index contributed by atoms with van der Waals surface area (Å²) in [7, 11) is 0. The minimum Gasteiger partial charge on any atom is -0.317 e. The van der Waals surface area contributed by atoms with Crippen molar-refractivity contribution in [3.8, 4) is 0 Å². The second-order valence-corrected chi connectivity index (χ2v) is 2.74. The van der Waals surface area contributed by atoms with Crippen LogP contribution in [0.1, 0.15) is 12.5 Å². The van der Waals surface area contributed by atoms with Gasteiger partial charge in [-0.2, -0.15) is 20.1 Å². The van der Waals surface area contributed by atoms with Crippen molar-refractivity contribution >= 4 is 11.3 Å². The fraction of sp³-hybridized carbons (Fsp3) is 0.429. The topological polar surface area (TPSA) is 9.23 Å². The first-order valence-electron chi connectivity index (χ1n) is 3.21. The van der Waals surface area contributed by atoms with Crippen LogP contribution >= 0.6 is 11.3 Å². The molecule has 0 saturated heterocycles. The molecule has 1 aromatic rings. The molecule has 4 heteroatoms. The van der Waals surface area contributed by atoms with Crippen LogP contribution < -0.4 is 0 Å². The van der Waals surface area contributed by atoms with Crippen LogP contribution in [-0.4, -0.2) is 6.61 Å². The van der Waals surface area contributed by atoms with Crippen molar-refractivity contribution in [2.75, 3.05) is 6.61 Å². The first-order chi connectivity index (χ1) is 5.17. The number of hydrogen-bond donors (Lipinski definition) is 0. The largest absolute Gasteiger partial charge is 0.384 e. The Balaban J connectivity index is 2.73. The number of rotatable bonds is 3. The maximum absolute atomic E-state index is 12.8. The van der Waals surface area contributed by atoms with E-state index < -0.39 is 6.11 Å². The molecule has 0 aliphatic rings. The predicted molar refractivity (Wildman–Crippen MR) is 39.8 cm³/mol. The monoisotopic (exact) mass is 178 g/mol. The highest BCUT2D eigenvalue weighted by molar-refractivity contribution is 7.07. The zero-order valence-electron chi connectivity index (χ0n) is 6.01. The summed E-state index contributed by atoms with van der Waals surface area (Å²) in [6.07, 6.45) is -3.12. The average Bonchev–Trinajstić information content (AvgIpc) is 2.37. The highest BCUT2D eigenvalue weighted by Crippen LogP contribution is 2.30. The first-order valence-corrected chi connectivity index (χ1v) is 4.15. The van der Waals surface area contributed by atoms with Crippen molar-refractivity contribution in [1.29, 1.82) is 0 Å². The Labute approximate surface area is 67.6 Å². The van der Waals surface area contributed by atoms with Crippen molar-refractivity contribution in [2.45, 2.75) is 13.0 Å². The van der Waals surface area contributed by atoms with E-state index in [0.717, 1.165) is 0 Å². The van der Waals surface area contributed by atoms with E-state index in [-0.39, 0.29) is 12.2 Å². The van der Waals surface area contributed by atoms with Gasteiger partial charge in [0.05, 0.1) is 12.2 Å². The van der Waals surface area contributed by atoms with E-state index in [1.807, 2.05) is 0 Å². The van der Waals surface area contributed by atoms with E-state index in [1.165, 1.54) is 22.8 Å². The molecule has 0 saturated carbocycles. The van der Waals surface area contributed by atoms with Crippen LogP contribution in [0.5, 0.6) is 0 Å². The summed E-state index contributed by atoms with van der Waals surface area (Å²) in [5, 5.41) is 2.98. The van der Waals surface area contributed by atoms with Gasteiger partial charge in [0.25, 0.3) is 0 Å². The molecule has 0 amide bonds. The third-order valence-corrected chi connectivity index (χ3v) is 1.87. The lowest BCUT2D eigenvalue weighted by molar-refractivity contribution is -0.245. The van der Waals surface area contributed by atoms with Crippen LogP contribution in [0.4, 0.5) is 8.78 Å². The number of hydrogen-bond acceptors (Lipinski definition) is 2. The van der Waals surface area contributed by atoms with Gasteiger partial charge in [0.15, 0.2) is 0 Å². The minimum atomic E-state index is -3.12. The highest BCUT2D eigenvalue weighted by Gasteiger charge is 2.32. The van der Waals surface area contributed by atoms with E-state index in [9.17, 15) is 8.78 Å². The molecule has 0 fully saturated rings. The van der Waals surface area contributed by atoms with Crippen molar-refractivity contribution in [3.05, 3.63) is 22.4 Å². The SMILES string of the molecule is CCOC(F)(F)c1ccsc1. The maximum atomic E-state index is 12.8. The Morgan fingerprint density at radius 1 is 1.64 bits per heavy atom. The molecule has 1 rings (SSSR count). The lowest BCUT2D eigenvalue weighted by Crippen LogP contribution is -2.16. The molecular weight excluding hydrogens is 170 g/mol. The lowest BCUT2D eigenvalue weighted by atomic mass is 10.3. The van der Waals surface area contributed by atoms with Gasteiger partial charge >= 0.3 is 6.11 Å². The van der Waals surface area contributed by atoms with Gasteiger partial charge in [-0.1, -0.05) is 0 Å². The summed E-state index contributed by atoms with van der Waals surface area (Å²) in [5.74, 6) is 0. The molecule has 0 N–H and O–H groups in total. The molecule has 0 aliphatic heterocycles. The third-order valence-electron chi connectivity index (χ3n) is 1.18. The van der Waals surface area contributed by atoms with E-state index in [2.05, 4.69) is 4.74 Å². The van der Waals surface area contributed by atoms with E-state index in [4.69, 9.17) is 0 Å². The Morgan fingerprint density at radius 2 is 2.36 bits per heavy atom. The number of alkyl halides is 2. The summed E-state index contributed by atoms with van der Waals surface area (Å²) in [6, 6.07) is 1.36. The molecule has 62 valence electrons. The smallest absolute Gasteiger partial charge is 0.317 e. The summed E-state index contributed by atoms with van der Waals surface area (Å²) in [5.41, 5.74) is -0.0654. The molecule has 0 spiro atoms. The third kappa shape index (κ3) is 1.97. The fourth-order valence-corrected chi connectivity index (χ4v) is 1.36. The minimum absolute atomic E-state index is 0.0167. The Morgan fingerprint density at radius 3 is 2.82 bits per heavy atom. The molecule has 1 heterocycles. The van der Waals surface area contributed by atoms with Crippen LogP contribution in [0, 0.1) is 0 Å². The van der Waals surface area contributed by atoms with Crippen molar-refractivity contribution in [3.63, 3.8) is 0 Å².